The number of methoxy groups -OCH3 is 1. The highest BCUT2D eigenvalue weighted by Crippen LogP contribution is 2.32. The predicted molar refractivity (Wildman–Crippen MR) is 76.3 cm³/mol. The number of rotatable bonds is 2. The second-order valence-corrected chi connectivity index (χ2v) is 5.20. The van der Waals surface area contributed by atoms with Crippen molar-refractivity contribution >= 4 is 12.0 Å². The SMILES string of the molecule is COC(=O)C1=Cc2ccccc2OC1N1CCCCC1. The maximum atomic E-state index is 12.0. The smallest absolute Gasteiger partial charge is 0.338 e. The van der Waals surface area contributed by atoms with E-state index in [1.807, 2.05) is 30.3 Å². The van der Waals surface area contributed by atoms with Crippen molar-refractivity contribution in [3.63, 3.8) is 0 Å². The summed E-state index contributed by atoms with van der Waals surface area (Å²) in [6, 6.07) is 7.78. The van der Waals surface area contributed by atoms with E-state index in [0.29, 0.717) is 5.57 Å². The molecule has 1 aromatic rings. The molecule has 1 unspecified atom stereocenters. The number of hydrogen-bond donors (Lipinski definition) is 0. The number of piperidine rings is 1. The Morgan fingerprint density at radius 2 is 2.00 bits per heavy atom. The van der Waals surface area contributed by atoms with Gasteiger partial charge in [0.2, 0.25) is 0 Å². The van der Waals surface area contributed by atoms with Crippen LogP contribution in [0.4, 0.5) is 0 Å². The average molecular weight is 273 g/mol. The summed E-state index contributed by atoms with van der Waals surface area (Å²) in [6.45, 7) is 1.92. The lowest BCUT2D eigenvalue weighted by molar-refractivity contribution is -0.138. The molecule has 106 valence electrons. The number of carbonyl (C=O) groups excluding carboxylic acids is 1. The topological polar surface area (TPSA) is 38.8 Å². The molecule has 1 atom stereocenters. The normalized spacial score (nSPS) is 22.4. The fraction of sp³-hybridized carbons (Fsp3) is 0.438. The lowest BCUT2D eigenvalue weighted by atomic mass is 10.0. The van der Waals surface area contributed by atoms with Gasteiger partial charge >= 0.3 is 5.97 Å². The van der Waals surface area contributed by atoms with E-state index in [1.165, 1.54) is 13.5 Å². The third kappa shape index (κ3) is 2.43. The maximum absolute atomic E-state index is 12.0. The van der Waals surface area contributed by atoms with Crippen LogP contribution >= 0.6 is 0 Å². The zero-order valence-electron chi connectivity index (χ0n) is 11.7. The Morgan fingerprint density at radius 1 is 1.25 bits per heavy atom. The standard InChI is InChI=1S/C16H19NO3/c1-19-16(18)13-11-12-7-3-4-8-14(12)20-15(13)17-9-5-2-6-10-17/h3-4,7-8,11,15H,2,5-6,9-10H2,1H3. The summed E-state index contributed by atoms with van der Waals surface area (Å²) in [6.07, 6.45) is 5.12. The van der Waals surface area contributed by atoms with Gasteiger partial charge in [0.25, 0.3) is 0 Å². The lowest BCUT2D eigenvalue weighted by Gasteiger charge is -2.37. The van der Waals surface area contributed by atoms with Crippen molar-refractivity contribution in [3.05, 3.63) is 35.4 Å². The van der Waals surface area contributed by atoms with E-state index < -0.39 is 0 Å². The molecule has 4 nitrogen and oxygen atoms in total. The lowest BCUT2D eigenvalue weighted by Crippen LogP contribution is -2.46. The minimum Gasteiger partial charge on any atom is -0.470 e. The first-order chi connectivity index (χ1) is 9.79. The minimum atomic E-state index is -0.322. The van der Waals surface area contributed by atoms with Gasteiger partial charge < -0.3 is 9.47 Å². The molecule has 2 heterocycles. The van der Waals surface area contributed by atoms with Gasteiger partial charge in [-0.1, -0.05) is 24.6 Å². The number of nitrogens with zero attached hydrogens (tertiary/aromatic N) is 1. The van der Waals surface area contributed by atoms with Crippen LogP contribution in [0.3, 0.4) is 0 Å². The van der Waals surface area contributed by atoms with E-state index in [-0.39, 0.29) is 12.2 Å². The van der Waals surface area contributed by atoms with Crippen molar-refractivity contribution in [1.82, 2.24) is 4.90 Å². The second kappa shape index (κ2) is 5.67. The highest BCUT2D eigenvalue weighted by molar-refractivity contribution is 5.95. The minimum absolute atomic E-state index is 0.310. The second-order valence-electron chi connectivity index (χ2n) is 5.20. The summed E-state index contributed by atoms with van der Waals surface area (Å²) in [7, 11) is 1.41. The summed E-state index contributed by atoms with van der Waals surface area (Å²) < 4.78 is 11.0. The van der Waals surface area contributed by atoms with E-state index in [0.717, 1.165) is 37.2 Å². The molecule has 2 aliphatic rings. The van der Waals surface area contributed by atoms with Gasteiger partial charge in [-0.2, -0.15) is 0 Å². The Labute approximate surface area is 119 Å². The average Bonchev–Trinajstić information content (AvgIpc) is 2.53. The van der Waals surface area contributed by atoms with Crippen molar-refractivity contribution in [2.75, 3.05) is 20.2 Å². The van der Waals surface area contributed by atoms with Crippen LogP contribution in [0.1, 0.15) is 24.8 Å². The molecule has 2 aliphatic heterocycles. The molecule has 4 heteroatoms. The number of benzene rings is 1. The molecule has 0 N–H and O–H groups in total. The van der Waals surface area contributed by atoms with Crippen LogP contribution in [0.2, 0.25) is 0 Å². The van der Waals surface area contributed by atoms with Crippen LogP contribution in [-0.4, -0.2) is 37.3 Å². The third-order valence-corrected chi connectivity index (χ3v) is 3.88. The molecule has 1 saturated heterocycles. The van der Waals surface area contributed by atoms with Crippen LogP contribution in [0.15, 0.2) is 29.8 Å². The number of hydrogen-bond acceptors (Lipinski definition) is 4. The van der Waals surface area contributed by atoms with Crippen molar-refractivity contribution in [3.8, 4) is 5.75 Å². The number of para-hydroxylation sites is 1. The van der Waals surface area contributed by atoms with E-state index in [1.54, 1.807) is 0 Å². The molecule has 0 amide bonds. The van der Waals surface area contributed by atoms with Crippen LogP contribution in [0.5, 0.6) is 5.75 Å². The van der Waals surface area contributed by atoms with Crippen LogP contribution in [-0.2, 0) is 9.53 Å². The molecule has 1 aromatic carbocycles. The van der Waals surface area contributed by atoms with Gasteiger partial charge in [-0.3, -0.25) is 4.90 Å². The molecule has 1 fully saturated rings. The highest BCUT2D eigenvalue weighted by atomic mass is 16.5. The van der Waals surface area contributed by atoms with Gasteiger partial charge in [-0.25, -0.2) is 4.79 Å². The number of carbonyl (C=O) groups is 1. The van der Waals surface area contributed by atoms with E-state index in [2.05, 4.69) is 4.90 Å². The molecular formula is C16H19NO3. The molecule has 0 aromatic heterocycles. The number of likely N-dealkylation sites (tertiary alicyclic amines) is 1. The summed E-state index contributed by atoms with van der Waals surface area (Å²) in [5, 5.41) is 0. The maximum Gasteiger partial charge on any atom is 0.338 e. The van der Waals surface area contributed by atoms with Gasteiger partial charge in [-0.15, -0.1) is 0 Å². The van der Waals surface area contributed by atoms with Gasteiger partial charge in [0.1, 0.15) is 5.75 Å². The molecule has 3 rings (SSSR count). The van der Waals surface area contributed by atoms with Crippen LogP contribution < -0.4 is 4.74 Å². The van der Waals surface area contributed by atoms with Crippen molar-refractivity contribution in [1.29, 1.82) is 0 Å². The Kier molecular flexibility index (Phi) is 3.74. The summed E-state index contributed by atoms with van der Waals surface area (Å²) in [5.41, 5.74) is 1.52. The van der Waals surface area contributed by atoms with Crippen LogP contribution in [0.25, 0.3) is 6.08 Å². The first kappa shape index (κ1) is 13.2. The van der Waals surface area contributed by atoms with Gasteiger partial charge in [0, 0.05) is 18.7 Å². The number of esters is 1. The molecule has 0 bridgehead atoms. The largest absolute Gasteiger partial charge is 0.470 e. The Balaban J connectivity index is 1.94. The summed E-state index contributed by atoms with van der Waals surface area (Å²) >= 11 is 0. The molecule has 20 heavy (non-hydrogen) atoms. The molecular weight excluding hydrogens is 254 g/mol. The molecule has 0 saturated carbocycles. The Hall–Kier alpha value is -1.81. The van der Waals surface area contributed by atoms with Crippen molar-refractivity contribution < 1.29 is 14.3 Å². The first-order valence-electron chi connectivity index (χ1n) is 7.09. The molecule has 0 spiro atoms. The third-order valence-electron chi connectivity index (χ3n) is 3.88. The first-order valence-corrected chi connectivity index (χ1v) is 7.09. The van der Waals surface area contributed by atoms with Crippen molar-refractivity contribution in [2.45, 2.75) is 25.5 Å². The van der Waals surface area contributed by atoms with Gasteiger partial charge in [0.05, 0.1) is 12.7 Å². The van der Waals surface area contributed by atoms with E-state index in [4.69, 9.17) is 9.47 Å². The Bertz CT molecular complexity index is 532. The quantitative estimate of drug-likeness (QED) is 0.776. The molecule has 0 aliphatic carbocycles. The van der Waals surface area contributed by atoms with E-state index >= 15 is 0 Å². The fourth-order valence-electron chi connectivity index (χ4n) is 2.83. The number of fused-ring (bicyclic) bond motifs is 1. The predicted octanol–water partition coefficient (Wildman–Crippen LogP) is 2.45. The highest BCUT2D eigenvalue weighted by Gasteiger charge is 2.33. The van der Waals surface area contributed by atoms with E-state index in [9.17, 15) is 4.79 Å². The van der Waals surface area contributed by atoms with Gasteiger partial charge in [-0.05, 0) is 25.0 Å². The summed E-state index contributed by atoms with van der Waals surface area (Å²) in [5.74, 6) is 0.519. The zero-order chi connectivity index (χ0) is 13.9. The monoisotopic (exact) mass is 273 g/mol. The zero-order valence-corrected chi connectivity index (χ0v) is 11.7. The fourth-order valence-corrected chi connectivity index (χ4v) is 2.83. The van der Waals surface area contributed by atoms with Crippen molar-refractivity contribution in [2.24, 2.45) is 0 Å². The summed E-state index contributed by atoms with van der Waals surface area (Å²) in [4.78, 5) is 14.3. The van der Waals surface area contributed by atoms with Gasteiger partial charge in [0.15, 0.2) is 6.23 Å². The number of ether oxygens (including phenoxy) is 2. The van der Waals surface area contributed by atoms with Crippen LogP contribution in [0, 0.1) is 0 Å². The molecule has 0 radical (unpaired) electrons. The Morgan fingerprint density at radius 3 is 2.75 bits per heavy atom.